The molecule has 8 heteroatoms. The fourth-order valence-corrected chi connectivity index (χ4v) is 4.13. The zero-order valence-corrected chi connectivity index (χ0v) is 21.5. The molecule has 3 N–H and O–H groups in total. The highest BCUT2D eigenvalue weighted by molar-refractivity contribution is 5.94. The summed E-state index contributed by atoms with van der Waals surface area (Å²) in [6.45, 7) is 7.58. The Morgan fingerprint density at radius 3 is 2.29 bits per heavy atom. The molecule has 1 aromatic carbocycles. The molecule has 3 amide bonds. The van der Waals surface area contributed by atoms with Crippen molar-refractivity contribution in [2.75, 3.05) is 0 Å². The molecule has 1 aliphatic rings. The molecule has 35 heavy (non-hydrogen) atoms. The smallest absolute Gasteiger partial charge is 0.328 e. The number of carbonyl (C=O) groups excluding carboxylic acids is 4. The number of esters is 1. The molecule has 194 valence electrons. The number of unbranched alkanes of at least 4 members (excludes halogenated alkanes) is 3. The fraction of sp³-hybridized carbons (Fsp3) is 0.630. The Bertz CT molecular complexity index is 842. The summed E-state index contributed by atoms with van der Waals surface area (Å²) < 4.78 is 5.77. The van der Waals surface area contributed by atoms with Crippen LogP contribution in [0.1, 0.15) is 78.2 Å². The van der Waals surface area contributed by atoms with Gasteiger partial charge in [-0.15, -0.1) is 0 Å². The quantitative estimate of drug-likeness (QED) is 0.366. The molecular weight excluding hydrogens is 446 g/mol. The van der Waals surface area contributed by atoms with Crippen molar-refractivity contribution in [1.29, 1.82) is 0 Å². The summed E-state index contributed by atoms with van der Waals surface area (Å²) in [6, 6.07) is 6.79. The van der Waals surface area contributed by atoms with Crippen LogP contribution in [-0.2, 0) is 30.3 Å². The first kappa shape index (κ1) is 28.3. The van der Waals surface area contributed by atoms with Crippen LogP contribution in [0.5, 0.6) is 0 Å². The minimum absolute atomic E-state index is 0.0334. The van der Waals surface area contributed by atoms with Gasteiger partial charge in [0.05, 0.1) is 6.42 Å². The monoisotopic (exact) mass is 487 g/mol. The maximum atomic E-state index is 13.1. The molecule has 0 radical (unpaired) electrons. The predicted molar refractivity (Wildman–Crippen MR) is 134 cm³/mol. The highest BCUT2D eigenvalue weighted by Crippen LogP contribution is 2.16. The highest BCUT2D eigenvalue weighted by atomic mass is 16.5. The largest absolute Gasteiger partial charge is 0.460 e. The third kappa shape index (κ3) is 10.1. The van der Waals surface area contributed by atoms with Gasteiger partial charge in [-0.05, 0) is 37.7 Å². The first-order valence-electron chi connectivity index (χ1n) is 12.8. The molecule has 0 bridgehead atoms. The maximum Gasteiger partial charge on any atom is 0.328 e. The van der Waals surface area contributed by atoms with E-state index in [9.17, 15) is 19.2 Å². The van der Waals surface area contributed by atoms with Gasteiger partial charge in [0, 0.05) is 6.42 Å². The van der Waals surface area contributed by atoms with Gasteiger partial charge < -0.3 is 20.7 Å². The van der Waals surface area contributed by atoms with E-state index < -0.39 is 42.0 Å². The van der Waals surface area contributed by atoms with Gasteiger partial charge in [-0.25, -0.2) is 4.79 Å². The van der Waals surface area contributed by atoms with Crippen LogP contribution < -0.4 is 16.0 Å². The van der Waals surface area contributed by atoms with E-state index in [1.54, 1.807) is 6.92 Å². The number of hydrogen-bond donors (Lipinski definition) is 3. The van der Waals surface area contributed by atoms with Crippen molar-refractivity contribution < 1.29 is 23.9 Å². The van der Waals surface area contributed by atoms with Crippen LogP contribution in [0.25, 0.3) is 0 Å². The van der Waals surface area contributed by atoms with Gasteiger partial charge >= 0.3 is 5.97 Å². The standard InChI is InChI=1S/C27H41N3O5/c1-5-6-7-11-14-21-17-24(31)29-22(16-20-12-9-8-10-13-20)26(33)28-19(4)25(32)30-23(15-18(2)3)27(34)35-21/h8-10,12-13,18-19,21-23H,5-7,11,14-17H2,1-4H3,(H,28,33)(H,29,31)(H,30,32)/t19-,21+,22-,23+/m0/s1. The summed E-state index contributed by atoms with van der Waals surface area (Å²) >= 11 is 0. The maximum absolute atomic E-state index is 13.1. The average molecular weight is 488 g/mol. The van der Waals surface area contributed by atoms with Crippen molar-refractivity contribution in [2.24, 2.45) is 5.92 Å². The second kappa shape index (κ2) is 14.5. The summed E-state index contributed by atoms with van der Waals surface area (Å²) in [5.74, 6) is -1.68. The van der Waals surface area contributed by atoms with Crippen LogP contribution in [0.15, 0.2) is 30.3 Å². The predicted octanol–water partition coefficient (Wildman–Crippen LogP) is 3.04. The van der Waals surface area contributed by atoms with E-state index in [-0.39, 0.29) is 24.7 Å². The number of ether oxygens (including phenoxy) is 1. The number of benzene rings is 1. The van der Waals surface area contributed by atoms with Crippen LogP contribution in [0.2, 0.25) is 0 Å². The van der Waals surface area contributed by atoms with Crippen molar-refractivity contribution in [3.05, 3.63) is 35.9 Å². The van der Waals surface area contributed by atoms with E-state index in [2.05, 4.69) is 22.9 Å². The topological polar surface area (TPSA) is 114 Å². The molecule has 1 fully saturated rings. The third-order valence-corrected chi connectivity index (χ3v) is 6.07. The SMILES string of the molecule is CCCCCC[C@@H]1CC(=O)N[C@@H](Cc2ccccc2)C(=O)N[C@@H](C)C(=O)N[C@H](CC(C)C)C(=O)O1. The molecule has 8 nitrogen and oxygen atoms in total. The molecule has 1 heterocycles. The van der Waals surface area contributed by atoms with Gasteiger partial charge in [-0.1, -0.05) is 70.4 Å². The Morgan fingerprint density at radius 2 is 1.63 bits per heavy atom. The first-order valence-corrected chi connectivity index (χ1v) is 12.8. The van der Waals surface area contributed by atoms with Crippen LogP contribution in [0, 0.1) is 5.92 Å². The van der Waals surface area contributed by atoms with Gasteiger partial charge in [0.2, 0.25) is 17.7 Å². The van der Waals surface area contributed by atoms with Crippen molar-refractivity contribution >= 4 is 23.7 Å². The number of nitrogens with one attached hydrogen (secondary N) is 3. The lowest BCUT2D eigenvalue weighted by Gasteiger charge is -2.24. The number of amides is 3. The third-order valence-electron chi connectivity index (χ3n) is 6.07. The van der Waals surface area contributed by atoms with E-state index >= 15 is 0 Å². The van der Waals surface area contributed by atoms with Crippen molar-refractivity contribution in [3.63, 3.8) is 0 Å². The Morgan fingerprint density at radius 1 is 0.914 bits per heavy atom. The van der Waals surface area contributed by atoms with Crippen LogP contribution >= 0.6 is 0 Å². The minimum Gasteiger partial charge on any atom is -0.460 e. The molecule has 1 saturated heterocycles. The van der Waals surface area contributed by atoms with E-state index in [0.717, 1.165) is 31.2 Å². The molecule has 1 aromatic rings. The van der Waals surface area contributed by atoms with Crippen molar-refractivity contribution in [1.82, 2.24) is 16.0 Å². The first-order chi connectivity index (χ1) is 16.7. The number of cyclic esters (lactones) is 1. The molecule has 0 aromatic heterocycles. The highest BCUT2D eigenvalue weighted by Gasteiger charge is 2.32. The minimum atomic E-state index is -0.884. The lowest BCUT2D eigenvalue weighted by Crippen LogP contribution is -2.55. The molecule has 0 saturated carbocycles. The van der Waals surface area contributed by atoms with Gasteiger partial charge in [0.25, 0.3) is 0 Å². The van der Waals surface area contributed by atoms with Crippen LogP contribution in [0.4, 0.5) is 0 Å². The summed E-state index contributed by atoms with van der Waals surface area (Å²) in [6.07, 6.45) is 4.52. The Kier molecular flexibility index (Phi) is 11.7. The summed E-state index contributed by atoms with van der Waals surface area (Å²) in [4.78, 5) is 51.9. The fourth-order valence-electron chi connectivity index (χ4n) is 4.13. The molecule has 0 aliphatic carbocycles. The molecule has 4 atom stereocenters. The number of carbonyl (C=O) groups is 4. The molecule has 0 spiro atoms. The van der Waals surface area contributed by atoms with Gasteiger partial charge in [-0.3, -0.25) is 14.4 Å². The Balaban J connectivity index is 2.28. The number of rotatable bonds is 9. The van der Waals surface area contributed by atoms with E-state index in [4.69, 9.17) is 4.74 Å². The average Bonchev–Trinajstić information content (AvgIpc) is 2.80. The zero-order chi connectivity index (χ0) is 25.8. The Hall–Kier alpha value is -2.90. The Labute approximate surface area is 208 Å². The molecular formula is C27H41N3O5. The van der Waals surface area contributed by atoms with Crippen molar-refractivity contribution in [3.8, 4) is 0 Å². The molecule has 2 rings (SSSR count). The van der Waals surface area contributed by atoms with Gasteiger partial charge in [0.1, 0.15) is 24.2 Å². The number of hydrogen-bond acceptors (Lipinski definition) is 5. The van der Waals surface area contributed by atoms with Crippen LogP contribution in [0.3, 0.4) is 0 Å². The summed E-state index contributed by atoms with van der Waals surface area (Å²) in [5.41, 5.74) is 0.883. The lowest BCUT2D eigenvalue weighted by molar-refractivity contribution is -0.155. The van der Waals surface area contributed by atoms with Gasteiger partial charge in [-0.2, -0.15) is 0 Å². The zero-order valence-electron chi connectivity index (χ0n) is 21.5. The molecule has 0 unspecified atom stereocenters. The second-order valence-electron chi connectivity index (χ2n) is 9.84. The summed E-state index contributed by atoms with van der Waals surface area (Å²) in [7, 11) is 0. The summed E-state index contributed by atoms with van der Waals surface area (Å²) in [5, 5.41) is 8.24. The van der Waals surface area contributed by atoms with E-state index in [1.807, 2.05) is 44.2 Å². The van der Waals surface area contributed by atoms with Crippen LogP contribution in [-0.4, -0.2) is 47.9 Å². The molecule has 1 aliphatic heterocycles. The van der Waals surface area contributed by atoms with E-state index in [1.165, 1.54) is 0 Å². The second-order valence-corrected chi connectivity index (χ2v) is 9.84. The van der Waals surface area contributed by atoms with E-state index in [0.29, 0.717) is 12.8 Å². The lowest BCUT2D eigenvalue weighted by atomic mass is 10.0. The van der Waals surface area contributed by atoms with Crippen molar-refractivity contribution in [2.45, 2.75) is 103 Å². The normalized spacial score (nSPS) is 24.4. The van der Waals surface area contributed by atoms with Gasteiger partial charge in [0.15, 0.2) is 0 Å².